The molecule has 0 spiro atoms. The maximum Gasteiger partial charge on any atom is 0.143 e. The zero-order chi connectivity index (χ0) is 23.6. The second-order valence-corrected chi connectivity index (χ2v) is 13.5. The van der Waals surface area contributed by atoms with Crippen LogP contribution in [0.25, 0.3) is 0 Å². The summed E-state index contributed by atoms with van der Waals surface area (Å²) >= 11 is 0. The molecule has 0 heterocycles. The summed E-state index contributed by atoms with van der Waals surface area (Å²) in [6.07, 6.45) is 1.59. The van der Waals surface area contributed by atoms with E-state index in [1.165, 1.54) is 0 Å². The average molecular weight is 478 g/mol. The van der Waals surface area contributed by atoms with Gasteiger partial charge in [-0.25, -0.2) is 0 Å². The van der Waals surface area contributed by atoms with Gasteiger partial charge in [-0.1, -0.05) is 121 Å². The summed E-state index contributed by atoms with van der Waals surface area (Å²) in [7, 11) is -5.63. The van der Waals surface area contributed by atoms with E-state index in [1.807, 2.05) is 121 Å². The van der Waals surface area contributed by atoms with Crippen LogP contribution in [0.4, 0.5) is 0 Å². The van der Waals surface area contributed by atoms with Gasteiger partial charge in [0, 0.05) is 33.5 Å². The van der Waals surface area contributed by atoms with E-state index in [2.05, 4.69) is 0 Å². The Balaban J connectivity index is 0.00000149. The Kier molecular flexibility index (Phi) is 9.00. The van der Waals surface area contributed by atoms with Gasteiger partial charge < -0.3 is 9.13 Å². The molecule has 2 N–H and O–H groups in total. The highest BCUT2D eigenvalue weighted by Gasteiger charge is 2.31. The summed E-state index contributed by atoms with van der Waals surface area (Å²) in [5.41, 5.74) is 0. The molecule has 4 aromatic rings. The van der Waals surface area contributed by atoms with Crippen LogP contribution in [0.15, 0.2) is 121 Å². The van der Waals surface area contributed by atoms with Crippen LogP contribution in [0.1, 0.15) is 6.42 Å². The van der Waals surface area contributed by atoms with E-state index in [1.54, 1.807) is 0 Å². The van der Waals surface area contributed by atoms with Crippen molar-refractivity contribution >= 4 is 35.5 Å². The van der Waals surface area contributed by atoms with Gasteiger partial charge >= 0.3 is 0 Å². The Bertz CT molecular complexity index is 1010. The maximum absolute atomic E-state index is 14.3. The van der Waals surface area contributed by atoms with E-state index in [9.17, 15) is 9.13 Å². The van der Waals surface area contributed by atoms with Crippen LogP contribution in [0.2, 0.25) is 0 Å². The standard InChI is InChI=1S/C27H26O2P2.H2O2/c28-30(24-14-5-1-6-15-24,25-16-7-2-8-17-25)22-13-23-31(29,26-18-9-3-10-19-26)27-20-11-4-12-21-27;1-2/h1-12,14-21H,13,22-23H2;1-2H. The fraction of sp³-hybridized carbons (Fsp3) is 0.111. The van der Waals surface area contributed by atoms with Gasteiger partial charge in [-0.05, 0) is 6.42 Å². The van der Waals surface area contributed by atoms with Crippen LogP contribution < -0.4 is 21.2 Å². The monoisotopic (exact) mass is 478 g/mol. The molecule has 0 aromatic heterocycles. The van der Waals surface area contributed by atoms with Crippen molar-refractivity contribution in [3.05, 3.63) is 121 Å². The van der Waals surface area contributed by atoms with Gasteiger partial charge in [0.1, 0.15) is 14.3 Å². The third kappa shape index (κ3) is 5.79. The molecule has 33 heavy (non-hydrogen) atoms. The predicted octanol–water partition coefficient (Wildman–Crippen LogP) is 5.42. The molecule has 0 aliphatic rings. The summed E-state index contributed by atoms with van der Waals surface area (Å²) in [4.78, 5) is 0. The second kappa shape index (κ2) is 11.9. The maximum atomic E-state index is 14.3. The molecule has 0 saturated heterocycles. The molecule has 0 fully saturated rings. The van der Waals surface area contributed by atoms with Gasteiger partial charge in [0.15, 0.2) is 0 Å². The highest BCUT2D eigenvalue weighted by atomic mass is 31.2. The van der Waals surface area contributed by atoms with Gasteiger partial charge in [-0.15, -0.1) is 0 Å². The Labute approximate surface area is 195 Å². The Hall–Kier alpha value is -2.74. The molecule has 0 radical (unpaired) electrons. The zero-order valence-electron chi connectivity index (χ0n) is 18.3. The second-order valence-electron chi connectivity index (χ2n) is 7.62. The molecule has 0 aliphatic carbocycles. The fourth-order valence-corrected chi connectivity index (χ4v) is 9.71. The number of benzene rings is 4. The van der Waals surface area contributed by atoms with Gasteiger partial charge in [0.25, 0.3) is 0 Å². The SMILES string of the molecule is O=P(CCCP(=O)(c1ccccc1)c1ccccc1)(c1ccccc1)c1ccccc1.OO. The highest BCUT2D eigenvalue weighted by molar-refractivity contribution is 7.79. The van der Waals surface area contributed by atoms with Gasteiger partial charge in [0.2, 0.25) is 0 Å². The van der Waals surface area contributed by atoms with E-state index < -0.39 is 14.3 Å². The van der Waals surface area contributed by atoms with Crippen molar-refractivity contribution in [2.45, 2.75) is 6.42 Å². The normalized spacial score (nSPS) is 11.3. The first-order valence-electron chi connectivity index (χ1n) is 10.7. The average Bonchev–Trinajstić information content (AvgIpc) is 2.91. The van der Waals surface area contributed by atoms with Crippen molar-refractivity contribution in [2.75, 3.05) is 12.3 Å². The van der Waals surface area contributed by atoms with E-state index in [0.29, 0.717) is 18.7 Å². The quantitative estimate of drug-likeness (QED) is 0.201. The third-order valence-electron chi connectivity index (χ3n) is 5.64. The minimum Gasteiger partial charge on any atom is -0.314 e. The van der Waals surface area contributed by atoms with Crippen molar-refractivity contribution < 1.29 is 19.6 Å². The number of hydrogen-bond donors (Lipinski definition) is 2. The molecule has 0 aliphatic heterocycles. The Morgan fingerprint density at radius 3 is 0.848 bits per heavy atom. The minimum absolute atomic E-state index is 0.491. The summed E-state index contributed by atoms with van der Waals surface area (Å²) in [6, 6.07) is 38.8. The van der Waals surface area contributed by atoms with Crippen molar-refractivity contribution in [3.63, 3.8) is 0 Å². The minimum atomic E-state index is -2.81. The van der Waals surface area contributed by atoms with E-state index >= 15 is 0 Å². The molecule has 0 unspecified atom stereocenters. The third-order valence-corrected chi connectivity index (χ3v) is 12.1. The van der Waals surface area contributed by atoms with Crippen LogP contribution in [-0.4, -0.2) is 22.8 Å². The highest BCUT2D eigenvalue weighted by Crippen LogP contribution is 2.48. The van der Waals surface area contributed by atoms with Crippen molar-refractivity contribution in [1.29, 1.82) is 0 Å². The Morgan fingerprint density at radius 1 is 0.424 bits per heavy atom. The molecule has 4 rings (SSSR count). The largest absolute Gasteiger partial charge is 0.314 e. The summed E-state index contributed by atoms with van der Waals surface area (Å²) in [5, 5.41) is 15.4. The molecule has 4 nitrogen and oxygen atoms in total. The lowest BCUT2D eigenvalue weighted by Crippen LogP contribution is -2.22. The van der Waals surface area contributed by atoms with Crippen LogP contribution >= 0.6 is 14.3 Å². The molecule has 0 amide bonds. The lowest BCUT2D eigenvalue weighted by atomic mass is 10.4. The summed E-state index contributed by atoms with van der Waals surface area (Å²) in [6.45, 7) is 0. The van der Waals surface area contributed by atoms with Gasteiger partial charge in [-0.2, -0.15) is 0 Å². The van der Waals surface area contributed by atoms with Crippen molar-refractivity contribution in [2.24, 2.45) is 0 Å². The topological polar surface area (TPSA) is 74.6 Å². The molecule has 0 bridgehead atoms. The lowest BCUT2D eigenvalue weighted by Gasteiger charge is -2.23. The molecule has 0 saturated carbocycles. The fourth-order valence-electron chi connectivity index (χ4n) is 4.01. The Morgan fingerprint density at radius 2 is 0.636 bits per heavy atom. The molecule has 170 valence electrons. The first kappa shape index (κ1) is 24.9. The van der Waals surface area contributed by atoms with Gasteiger partial charge in [-0.3, -0.25) is 10.5 Å². The van der Waals surface area contributed by atoms with Crippen LogP contribution in [0.3, 0.4) is 0 Å². The molecule has 0 atom stereocenters. The number of rotatable bonds is 8. The van der Waals surface area contributed by atoms with E-state index in [0.717, 1.165) is 21.2 Å². The van der Waals surface area contributed by atoms with Crippen LogP contribution in [0.5, 0.6) is 0 Å². The van der Waals surface area contributed by atoms with Crippen molar-refractivity contribution in [3.8, 4) is 0 Å². The lowest BCUT2D eigenvalue weighted by molar-refractivity contribution is -0.176. The van der Waals surface area contributed by atoms with E-state index in [-0.39, 0.29) is 0 Å². The zero-order valence-corrected chi connectivity index (χ0v) is 20.1. The summed E-state index contributed by atoms with van der Waals surface area (Å²) < 4.78 is 28.6. The molecular formula is C27H28O4P2. The first-order chi connectivity index (χ1) is 16.1. The van der Waals surface area contributed by atoms with Crippen molar-refractivity contribution in [1.82, 2.24) is 0 Å². The van der Waals surface area contributed by atoms with Gasteiger partial charge in [0.05, 0.1) is 0 Å². The van der Waals surface area contributed by atoms with Crippen LogP contribution in [-0.2, 0) is 9.13 Å². The molecular weight excluding hydrogens is 450 g/mol. The number of hydrogen-bond acceptors (Lipinski definition) is 4. The van der Waals surface area contributed by atoms with E-state index in [4.69, 9.17) is 10.5 Å². The smallest absolute Gasteiger partial charge is 0.143 e. The molecule has 6 heteroatoms. The first-order valence-corrected chi connectivity index (χ1v) is 14.5. The van der Waals surface area contributed by atoms with Crippen LogP contribution in [0, 0.1) is 0 Å². The summed E-state index contributed by atoms with van der Waals surface area (Å²) in [5.74, 6) is 0. The molecule has 4 aromatic carbocycles. The predicted molar refractivity (Wildman–Crippen MR) is 139 cm³/mol.